The molecule has 1 aliphatic heterocycles. The summed E-state index contributed by atoms with van der Waals surface area (Å²) in [4.78, 5) is 23.2. The summed E-state index contributed by atoms with van der Waals surface area (Å²) in [6.45, 7) is 1.33. The van der Waals surface area contributed by atoms with Gasteiger partial charge in [0, 0.05) is 12.1 Å². The molecule has 1 unspecified atom stereocenters. The molecular formula is C14H15F3N2O2. The first-order chi connectivity index (χ1) is 9.77. The van der Waals surface area contributed by atoms with Crippen LogP contribution in [0.4, 0.5) is 18.9 Å². The number of aryl methyl sites for hydroxylation is 1. The molecule has 1 aromatic rings. The highest BCUT2D eigenvalue weighted by Gasteiger charge is 2.32. The highest BCUT2D eigenvalue weighted by atomic mass is 19.4. The van der Waals surface area contributed by atoms with E-state index in [1.165, 1.54) is 19.1 Å². The van der Waals surface area contributed by atoms with Crippen LogP contribution in [0.15, 0.2) is 18.2 Å². The van der Waals surface area contributed by atoms with Crippen molar-refractivity contribution in [2.75, 3.05) is 5.32 Å². The normalized spacial score (nSPS) is 19.0. The van der Waals surface area contributed by atoms with Crippen molar-refractivity contribution >= 4 is 17.5 Å². The Kier molecular flexibility index (Phi) is 4.20. The topological polar surface area (TPSA) is 58.2 Å². The van der Waals surface area contributed by atoms with Crippen LogP contribution in [-0.2, 0) is 15.8 Å². The Labute approximate surface area is 119 Å². The molecule has 1 fully saturated rings. The molecule has 0 bridgehead atoms. The van der Waals surface area contributed by atoms with Crippen LogP contribution in [-0.4, -0.2) is 17.9 Å². The number of hydrogen-bond donors (Lipinski definition) is 2. The summed E-state index contributed by atoms with van der Waals surface area (Å²) >= 11 is 0. The number of amides is 2. The van der Waals surface area contributed by atoms with E-state index in [0.29, 0.717) is 19.3 Å². The monoisotopic (exact) mass is 300 g/mol. The summed E-state index contributed by atoms with van der Waals surface area (Å²) in [5, 5.41) is 5.09. The second-order valence-electron chi connectivity index (χ2n) is 5.03. The van der Waals surface area contributed by atoms with Crippen molar-refractivity contribution < 1.29 is 22.8 Å². The van der Waals surface area contributed by atoms with Gasteiger partial charge in [0.15, 0.2) is 0 Å². The predicted molar refractivity (Wildman–Crippen MR) is 70.6 cm³/mol. The fourth-order valence-corrected chi connectivity index (χ4v) is 2.29. The Morgan fingerprint density at radius 1 is 1.38 bits per heavy atom. The smallest absolute Gasteiger partial charge is 0.344 e. The van der Waals surface area contributed by atoms with Crippen LogP contribution in [0.5, 0.6) is 0 Å². The molecule has 1 saturated heterocycles. The lowest BCUT2D eigenvalue weighted by Crippen LogP contribution is -2.46. The molecule has 1 aliphatic rings. The number of halogens is 3. The minimum absolute atomic E-state index is 0.0352. The van der Waals surface area contributed by atoms with Crippen LogP contribution >= 0.6 is 0 Å². The molecule has 0 aromatic heterocycles. The quantitative estimate of drug-likeness (QED) is 0.882. The first kappa shape index (κ1) is 15.3. The zero-order valence-corrected chi connectivity index (χ0v) is 11.4. The van der Waals surface area contributed by atoms with Gasteiger partial charge in [-0.25, -0.2) is 0 Å². The zero-order chi connectivity index (χ0) is 15.6. The van der Waals surface area contributed by atoms with Gasteiger partial charge in [0.2, 0.25) is 11.8 Å². The average Bonchev–Trinajstić information content (AvgIpc) is 2.37. The SMILES string of the molecule is Cc1cc(NC(=O)C2CCCC(=O)N2)ccc1C(F)(F)F. The van der Waals surface area contributed by atoms with Crippen LogP contribution in [0.3, 0.4) is 0 Å². The number of benzene rings is 1. The molecule has 2 rings (SSSR count). The maximum absolute atomic E-state index is 12.6. The van der Waals surface area contributed by atoms with Crippen LogP contribution < -0.4 is 10.6 Å². The minimum Gasteiger partial charge on any atom is -0.344 e. The van der Waals surface area contributed by atoms with Gasteiger partial charge >= 0.3 is 6.18 Å². The van der Waals surface area contributed by atoms with Crippen molar-refractivity contribution in [1.29, 1.82) is 0 Å². The number of piperidine rings is 1. The van der Waals surface area contributed by atoms with Gasteiger partial charge in [-0.05, 0) is 43.5 Å². The number of alkyl halides is 3. The van der Waals surface area contributed by atoms with Crippen molar-refractivity contribution in [3.63, 3.8) is 0 Å². The predicted octanol–water partition coefficient (Wildman–Crippen LogP) is 2.62. The van der Waals surface area contributed by atoms with E-state index in [0.717, 1.165) is 6.07 Å². The van der Waals surface area contributed by atoms with E-state index in [4.69, 9.17) is 0 Å². The van der Waals surface area contributed by atoms with E-state index in [9.17, 15) is 22.8 Å². The first-order valence-electron chi connectivity index (χ1n) is 6.55. The summed E-state index contributed by atoms with van der Waals surface area (Å²) in [6.07, 6.45) is -2.87. The Bertz CT molecular complexity index is 570. The lowest BCUT2D eigenvalue weighted by Gasteiger charge is -2.22. The van der Waals surface area contributed by atoms with Gasteiger partial charge in [-0.1, -0.05) is 0 Å². The van der Waals surface area contributed by atoms with Crippen molar-refractivity contribution in [2.24, 2.45) is 0 Å². The Balaban J connectivity index is 2.08. The molecule has 4 nitrogen and oxygen atoms in total. The summed E-state index contributed by atoms with van der Waals surface area (Å²) in [6, 6.07) is 2.78. The van der Waals surface area contributed by atoms with Gasteiger partial charge in [0.05, 0.1) is 5.56 Å². The lowest BCUT2D eigenvalue weighted by atomic mass is 10.0. The molecule has 0 saturated carbocycles. The summed E-state index contributed by atoms with van der Waals surface area (Å²) in [5.74, 6) is -0.604. The van der Waals surface area contributed by atoms with Crippen LogP contribution in [0.2, 0.25) is 0 Å². The minimum atomic E-state index is -4.41. The maximum atomic E-state index is 12.6. The highest BCUT2D eigenvalue weighted by molar-refractivity contribution is 5.97. The Morgan fingerprint density at radius 3 is 2.67 bits per heavy atom. The average molecular weight is 300 g/mol. The van der Waals surface area contributed by atoms with Gasteiger partial charge in [-0.3, -0.25) is 9.59 Å². The Hall–Kier alpha value is -2.05. The van der Waals surface area contributed by atoms with Gasteiger partial charge in [-0.15, -0.1) is 0 Å². The molecule has 1 atom stereocenters. The Morgan fingerprint density at radius 2 is 2.10 bits per heavy atom. The van der Waals surface area contributed by atoms with Crippen molar-refractivity contribution in [2.45, 2.75) is 38.4 Å². The van der Waals surface area contributed by atoms with E-state index >= 15 is 0 Å². The number of carbonyl (C=O) groups is 2. The second kappa shape index (κ2) is 5.75. The van der Waals surface area contributed by atoms with E-state index in [-0.39, 0.29) is 17.2 Å². The molecule has 0 aliphatic carbocycles. The molecule has 2 amide bonds. The van der Waals surface area contributed by atoms with Crippen LogP contribution in [0.25, 0.3) is 0 Å². The van der Waals surface area contributed by atoms with E-state index in [1.54, 1.807) is 0 Å². The number of anilines is 1. The number of nitrogens with one attached hydrogen (secondary N) is 2. The summed E-state index contributed by atoms with van der Waals surface area (Å²) in [5.41, 5.74) is -0.412. The standard InChI is InChI=1S/C14H15F3N2O2/c1-8-7-9(5-6-10(8)14(15,16)17)18-13(21)11-3-2-4-12(20)19-11/h5-7,11H,2-4H2,1H3,(H,18,21)(H,19,20). The van der Waals surface area contributed by atoms with Gasteiger partial charge in [0.25, 0.3) is 0 Å². The van der Waals surface area contributed by atoms with Crippen LogP contribution in [0, 0.1) is 6.92 Å². The fraction of sp³-hybridized carbons (Fsp3) is 0.429. The second-order valence-corrected chi connectivity index (χ2v) is 5.03. The van der Waals surface area contributed by atoms with Crippen molar-refractivity contribution in [3.8, 4) is 0 Å². The number of hydrogen-bond acceptors (Lipinski definition) is 2. The molecule has 2 N–H and O–H groups in total. The molecular weight excluding hydrogens is 285 g/mol. The van der Waals surface area contributed by atoms with E-state index in [2.05, 4.69) is 10.6 Å². The molecule has 1 aromatic carbocycles. The molecule has 1 heterocycles. The maximum Gasteiger partial charge on any atom is 0.416 e. The zero-order valence-electron chi connectivity index (χ0n) is 11.4. The molecule has 114 valence electrons. The third kappa shape index (κ3) is 3.74. The third-order valence-electron chi connectivity index (χ3n) is 3.35. The molecule has 21 heavy (non-hydrogen) atoms. The van der Waals surface area contributed by atoms with E-state index < -0.39 is 23.7 Å². The fourth-order valence-electron chi connectivity index (χ4n) is 2.29. The largest absolute Gasteiger partial charge is 0.416 e. The van der Waals surface area contributed by atoms with Gasteiger partial charge in [0.1, 0.15) is 6.04 Å². The third-order valence-corrected chi connectivity index (χ3v) is 3.35. The molecule has 0 radical (unpaired) electrons. The lowest BCUT2D eigenvalue weighted by molar-refractivity contribution is -0.138. The number of rotatable bonds is 2. The van der Waals surface area contributed by atoms with Crippen LogP contribution in [0.1, 0.15) is 30.4 Å². The molecule has 7 heteroatoms. The van der Waals surface area contributed by atoms with Crippen molar-refractivity contribution in [3.05, 3.63) is 29.3 Å². The highest BCUT2D eigenvalue weighted by Crippen LogP contribution is 2.32. The van der Waals surface area contributed by atoms with Crippen molar-refractivity contribution in [1.82, 2.24) is 5.32 Å². The van der Waals surface area contributed by atoms with Gasteiger partial charge < -0.3 is 10.6 Å². The summed E-state index contributed by atoms with van der Waals surface area (Å²) < 4.78 is 37.9. The van der Waals surface area contributed by atoms with E-state index in [1.807, 2.05) is 0 Å². The first-order valence-corrected chi connectivity index (χ1v) is 6.55. The number of carbonyl (C=O) groups excluding carboxylic acids is 2. The summed E-state index contributed by atoms with van der Waals surface area (Å²) in [7, 11) is 0. The van der Waals surface area contributed by atoms with Gasteiger partial charge in [-0.2, -0.15) is 13.2 Å². The molecule has 0 spiro atoms.